The van der Waals surface area contributed by atoms with Crippen molar-refractivity contribution in [2.24, 2.45) is 5.92 Å². The lowest BCUT2D eigenvalue weighted by molar-refractivity contribution is 0.167. The maximum absolute atomic E-state index is 4.13. The molecule has 2 aromatic rings. The number of piperidine rings is 1. The molecule has 0 bridgehead atoms. The second kappa shape index (κ2) is 6.44. The number of hydrogen-bond donors (Lipinski definition) is 0. The van der Waals surface area contributed by atoms with Crippen LogP contribution in [0, 0.1) is 19.8 Å². The van der Waals surface area contributed by atoms with Crippen LogP contribution in [0.25, 0.3) is 0 Å². The Balaban J connectivity index is 1.52. The fourth-order valence-corrected chi connectivity index (χ4v) is 3.23. The van der Waals surface area contributed by atoms with E-state index >= 15 is 0 Å². The fraction of sp³-hybridized carbons (Fsp3) is 0.500. The van der Waals surface area contributed by atoms with Crippen molar-refractivity contribution in [2.75, 3.05) is 13.1 Å². The molecule has 1 saturated heterocycles. The fourth-order valence-electron chi connectivity index (χ4n) is 3.23. The number of hydrogen-bond acceptors (Lipinski definition) is 2. The van der Waals surface area contributed by atoms with E-state index in [1.165, 1.54) is 42.6 Å². The number of likely N-dealkylation sites (tertiary alicyclic amines) is 1. The molecule has 0 aliphatic carbocycles. The Labute approximate surface area is 127 Å². The van der Waals surface area contributed by atoms with Crippen LogP contribution in [0.2, 0.25) is 0 Å². The van der Waals surface area contributed by atoms with Crippen molar-refractivity contribution in [3.63, 3.8) is 0 Å². The van der Waals surface area contributed by atoms with Crippen molar-refractivity contribution in [3.8, 4) is 0 Å². The Morgan fingerprint density at radius 3 is 2.71 bits per heavy atom. The minimum Gasteiger partial charge on any atom is -0.337 e. The van der Waals surface area contributed by atoms with E-state index < -0.39 is 0 Å². The summed E-state index contributed by atoms with van der Waals surface area (Å²) in [4.78, 5) is 6.73. The lowest BCUT2D eigenvalue weighted by Gasteiger charge is -2.32. The predicted octanol–water partition coefficient (Wildman–Crippen LogP) is 3.41. The molecular weight excluding hydrogens is 258 g/mol. The Morgan fingerprint density at radius 2 is 2.00 bits per heavy atom. The molecule has 1 aromatic carbocycles. The quantitative estimate of drug-likeness (QED) is 0.857. The Kier molecular flexibility index (Phi) is 4.39. The van der Waals surface area contributed by atoms with Crippen LogP contribution in [-0.4, -0.2) is 27.5 Å². The Bertz CT molecular complexity index is 566. The lowest BCUT2D eigenvalue weighted by atomic mass is 9.96. The van der Waals surface area contributed by atoms with Crippen molar-refractivity contribution in [3.05, 3.63) is 53.6 Å². The standard InChI is InChI=1S/C18H25N3/c1-15-3-4-16(2)18(11-15)13-20-8-5-17(6-9-20)12-21-10-7-19-14-21/h3-4,7,10-11,14,17H,5-6,8-9,12-13H2,1-2H3. The average Bonchev–Trinajstić information content (AvgIpc) is 2.98. The van der Waals surface area contributed by atoms with E-state index in [4.69, 9.17) is 0 Å². The number of imidazole rings is 1. The van der Waals surface area contributed by atoms with Gasteiger partial charge in [-0.05, 0) is 56.8 Å². The molecule has 0 atom stereocenters. The van der Waals surface area contributed by atoms with Gasteiger partial charge in [0.2, 0.25) is 0 Å². The molecular formula is C18H25N3. The molecule has 2 heterocycles. The van der Waals surface area contributed by atoms with E-state index in [1.54, 1.807) is 0 Å². The highest BCUT2D eigenvalue weighted by Crippen LogP contribution is 2.22. The van der Waals surface area contributed by atoms with E-state index in [0.717, 1.165) is 19.0 Å². The summed E-state index contributed by atoms with van der Waals surface area (Å²) in [5.41, 5.74) is 4.27. The van der Waals surface area contributed by atoms with Gasteiger partial charge in [-0.2, -0.15) is 0 Å². The van der Waals surface area contributed by atoms with E-state index in [-0.39, 0.29) is 0 Å². The molecule has 3 nitrogen and oxygen atoms in total. The van der Waals surface area contributed by atoms with Gasteiger partial charge in [0.1, 0.15) is 0 Å². The maximum Gasteiger partial charge on any atom is 0.0945 e. The normalized spacial score (nSPS) is 17.2. The van der Waals surface area contributed by atoms with Crippen LogP contribution >= 0.6 is 0 Å². The molecule has 1 aliphatic rings. The van der Waals surface area contributed by atoms with Crippen LogP contribution in [0.3, 0.4) is 0 Å². The van der Waals surface area contributed by atoms with Gasteiger partial charge in [0.25, 0.3) is 0 Å². The van der Waals surface area contributed by atoms with Crippen LogP contribution in [0.5, 0.6) is 0 Å². The lowest BCUT2D eigenvalue weighted by Crippen LogP contribution is -2.34. The zero-order chi connectivity index (χ0) is 14.7. The molecule has 1 fully saturated rings. The maximum atomic E-state index is 4.13. The highest BCUT2D eigenvalue weighted by atomic mass is 15.1. The van der Waals surface area contributed by atoms with Gasteiger partial charge in [0.15, 0.2) is 0 Å². The van der Waals surface area contributed by atoms with Crippen LogP contribution in [0.4, 0.5) is 0 Å². The van der Waals surface area contributed by atoms with Gasteiger partial charge in [-0.1, -0.05) is 23.8 Å². The molecule has 1 aromatic heterocycles. The molecule has 112 valence electrons. The number of aromatic nitrogens is 2. The smallest absolute Gasteiger partial charge is 0.0945 e. The van der Waals surface area contributed by atoms with Crippen molar-refractivity contribution in [1.82, 2.24) is 14.5 Å². The van der Waals surface area contributed by atoms with Crippen LogP contribution in [-0.2, 0) is 13.1 Å². The minimum atomic E-state index is 0.800. The van der Waals surface area contributed by atoms with Gasteiger partial charge in [0, 0.05) is 25.5 Å². The summed E-state index contributed by atoms with van der Waals surface area (Å²) in [6.07, 6.45) is 8.46. The van der Waals surface area contributed by atoms with Crippen LogP contribution in [0.1, 0.15) is 29.5 Å². The SMILES string of the molecule is Cc1ccc(C)c(CN2CCC(Cn3ccnc3)CC2)c1. The van der Waals surface area contributed by atoms with Gasteiger partial charge < -0.3 is 4.57 Å². The summed E-state index contributed by atoms with van der Waals surface area (Å²) in [6, 6.07) is 6.79. The molecule has 0 amide bonds. The first-order valence-electron chi connectivity index (χ1n) is 7.95. The van der Waals surface area contributed by atoms with Crippen molar-refractivity contribution in [2.45, 2.75) is 39.8 Å². The summed E-state index contributed by atoms with van der Waals surface area (Å²) >= 11 is 0. The highest BCUT2D eigenvalue weighted by molar-refractivity contribution is 5.30. The molecule has 3 heteroatoms. The molecule has 0 saturated carbocycles. The van der Waals surface area contributed by atoms with Gasteiger partial charge in [-0.25, -0.2) is 4.98 Å². The zero-order valence-corrected chi connectivity index (χ0v) is 13.1. The first-order chi connectivity index (χ1) is 10.2. The summed E-state index contributed by atoms with van der Waals surface area (Å²) in [5, 5.41) is 0. The molecule has 0 unspecified atom stereocenters. The molecule has 21 heavy (non-hydrogen) atoms. The summed E-state index contributed by atoms with van der Waals surface area (Å²) in [7, 11) is 0. The second-order valence-electron chi connectivity index (χ2n) is 6.41. The van der Waals surface area contributed by atoms with Gasteiger partial charge in [-0.15, -0.1) is 0 Å². The number of aryl methyl sites for hydroxylation is 2. The van der Waals surface area contributed by atoms with Gasteiger partial charge in [0.05, 0.1) is 6.33 Å². The molecule has 0 radical (unpaired) electrons. The van der Waals surface area contributed by atoms with E-state index in [9.17, 15) is 0 Å². The zero-order valence-electron chi connectivity index (χ0n) is 13.1. The van der Waals surface area contributed by atoms with E-state index in [2.05, 4.69) is 52.7 Å². The summed E-state index contributed by atoms with van der Waals surface area (Å²) < 4.78 is 2.21. The predicted molar refractivity (Wildman–Crippen MR) is 86.1 cm³/mol. The molecule has 1 aliphatic heterocycles. The van der Waals surface area contributed by atoms with Crippen LogP contribution in [0.15, 0.2) is 36.9 Å². The Hall–Kier alpha value is -1.61. The van der Waals surface area contributed by atoms with Gasteiger partial charge >= 0.3 is 0 Å². The highest BCUT2D eigenvalue weighted by Gasteiger charge is 2.19. The van der Waals surface area contributed by atoms with Crippen molar-refractivity contribution in [1.29, 1.82) is 0 Å². The number of nitrogens with zero attached hydrogens (tertiary/aromatic N) is 3. The second-order valence-corrected chi connectivity index (χ2v) is 6.41. The first kappa shape index (κ1) is 14.3. The summed E-state index contributed by atoms with van der Waals surface area (Å²) in [5.74, 6) is 0.800. The minimum absolute atomic E-state index is 0.800. The van der Waals surface area contributed by atoms with E-state index in [1.807, 2.05) is 12.5 Å². The average molecular weight is 283 g/mol. The van der Waals surface area contributed by atoms with Crippen molar-refractivity contribution >= 4 is 0 Å². The molecule has 3 rings (SSSR count). The third kappa shape index (κ3) is 3.73. The van der Waals surface area contributed by atoms with Crippen LogP contribution < -0.4 is 0 Å². The third-order valence-corrected chi connectivity index (χ3v) is 4.63. The molecule has 0 spiro atoms. The number of benzene rings is 1. The monoisotopic (exact) mass is 283 g/mol. The molecule has 0 N–H and O–H groups in total. The third-order valence-electron chi connectivity index (χ3n) is 4.63. The number of rotatable bonds is 4. The summed E-state index contributed by atoms with van der Waals surface area (Å²) in [6.45, 7) is 9.06. The Morgan fingerprint density at radius 1 is 1.19 bits per heavy atom. The first-order valence-corrected chi connectivity index (χ1v) is 7.95. The topological polar surface area (TPSA) is 21.1 Å². The van der Waals surface area contributed by atoms with E-state index in [0.29, 0.717) is 0 Å². The largest absolute Gasteiger partial charge is 0.337 e. The van der Waals surface area contributed by atoms with Gasteiger partial charge in [-0.3, -0.25) is 4.90 Å². The van der Waals surface area contributed by atoms with Crippen molar-refractivity contribution < 1.29 is 0 Å².